The molecule has 64 valence electrons. The van der Waals surface area contributed by atoms with E-state index >= 15 is 0 Å². The smallest absolute Gasteiger partial charge is 0.151 e. The van der Waals surface area contributed by atoms with Crippen molar-refractivity contribution in [2.24, 2.45) is 0 Å². The van der Waals surface area contributed by atoms with Gasteiger partial charge in [-0.05, 0) is 6.07 Å². The van der Waals surface area contributed by atoms with Crippen LogP contribution in [0.15, 0.2) is 18.5 Å². The number of carbonyl (C=O) groups excluding carboxylic acids is 1. The molecule has 0 aliphatic carbocycles. The fraction of sp³-hybridized carbons (Fsp3) is 0.250. The lowest BCUT2D eigenvalue weighted by atomic mass is 10.3. The molecule has 1 heterocycles. The number of aromatic nitrogens is 1. The molecule has 0 bridgehead atoms. The summed E-state index contributed by atoms with van der Waals surface area (Å²) >= 11 is 0. The SMILES string of the molecule is O=Cc1cncc(OCCO)c1. The van der Waals surface area contributed by atoms with E-state index in [9.17, 15) is 4.79 Å². The van der Waals surface area contributed by atoms with Gasteiger partial charge in [-0.15, -0.1) is 0 Å². The minimum absolute atomic E-state index is 0.0503. The quantitative estimate of drug-likeness (QED) is 0.654. The second-order valence-electron chi connectivity index (χ2n) is 2.14. The molecular weight excluding hydrogens is 158 g/mol. The minimum atomic E-state index is -0.0503. The van der Waals surface area contributed by atoms with Crippen LogP contribution in [0, 0.1) is 0 Å². The lowest BCUT2D eigenvalue weighted by molar-refractivity contribution is 0.112. The molecule has 0 saturated heterocycles. The van der Waals surface area contributed by atoms with E-state index in [1.807, 2.05) is 0 Å². The van der Waals surface area contributed by atoms with Gasteiger partial charge >= 0.3 is 0 Å². The summed E-state index contributed by atoms with van der Waals surface area (Å²) in [6, 6.07) is 1.57. The molecule has 0 aromatic carbocycles. The van der Waals surface area contributed by atoms with Gasteiger partial charge in [-0.25, -0.2) is 0 Å². The number of rotatable bonds is 4. The molecule has 1 N–H and O–H groups in total. The Morgan fingerprint density at radius 1 is 1.58 bits per heavy atom. The van der Waals surface area contributed by atoms with Crippen molar-refractivity contribution in [2.45, 2.75) is 0 Å². The summed E-state index contributed by atoms with van der Waals surface area (Å²) in [5.74, 6) is 0.494. The zero-order valence-corrected chi connectivity index (χ0v) is 6.43. The molecule has 1 aromatic rings. The van der Waals surface area contributed by atoms with Crippen LogP contribution in [0.4, 0.5) is 0 Å². The first kappa shape index (κ1) is 8.67. The van der Waals surface area contributed by atoms with Crippen LogP contribution in [0.5, 0.6) is 5.75 Å². The number of aliphatic hydroxyl groups is 1. The van der Waals surface area contributed by atoms with Crippen LogP contribution in [-0.4, -0.2) is 29.6 Å². The largest absolute Gasteiger partial charge is 0.490 e. The van der Waals surface area contributed by atoms with Crippen LogP contribution >= 0.6 is 0 Å². The van der Waals surface area contributed by atoms with Gasteiger partial charge in [0.05, 0.1) is 12.8 Å². The molecule has 12 heavy (non-hydrogen) atoms. The molecule has 0 aliphatic heterocycles. The second kappa shape index (κ2) is 4.46. The summed E-state index contributed by atoms with van der Waals surface area (Å²) in [6.45, 7) is 0.162. The molecule has 0 saturated carbocycles. The van der Waals surface area contributed by atoms with Gasteiger partial charge in [0.2, 0.25) is 0 Å². The van der Waals surface area contributed by atoms with Gasteiger partial charge in [-0.1, -0.05) is 0 Å². The van der Waals surface area contributed by atoms with E-state index in [-0.39, 0.29) is 13.2 Å². The van der Waals surface area contributed by atoms with E-state index in [1.54, 1.807) is 6.07 Å². The molecule has 4 heteroatoms. The molecule has 1 rings (SSSR count). The number of nitrogens with zero attached hydrogens (tertiary/aromatic N) is 1. The van der Waals surface area contributed by atoms with Crippen LogP contribution < -0.4 is 4.74 Å². The third kappa shape index (κ3) is 2.32. The Hall–Kier alpha value is -1.42. The third-order valence-corrected chi connectivity index (χ3v) is 1.23. The maximum atomic E-state index is 10.3. The van der Waals surface area contributed by atoms with Gasteiger partial charge in [-0.3, -0.25) is 9.78 Å². The van der Waals surface area contributed by atoms with E-state index in [4.69, 9.17) is 9.84 Å². The summed E-state index contributed by atoms with van der Waals surface area (Å²) in [5.41, 5.74) is 0.463. The molecule has 1 aromatic heterocycles. The van der Waals surface area contributed by atoms with Crippen molar-refractivity contribution >= 4 is 6.29 Å². The van der Waals surface area contributed by atoms with Crippen molar-refractivity contribution in [1.29, 1.82) is 0 Å². The summed E-state index contributed by atoms with van der Waals surface area (Å²) in [5, 5.41) is 8.44. The van der Waals surface area contributed by atoms with E-state index < -0.39 is 0 Å². The van der Waals surface area contributed by atoms with Crippen LogP contribution in [0.1, 0.15) is 10.4 Å². The predicted molar refractivity (Wildman–Crippen MR) is 42.2 cm³/mol. The molecule has 0 atom stereocenters. The number of hydrogen-bond donors (Lipinski definition) is 1. The van der Waals surface area contributed by atoms with Crippen LogP contribution in [0.25, 0.3) is 0 Å². The number of pyridine rings is 1. The Balaban J connectivity index is 2.66. The van der Waals surface area contributed by atoms with E-state index in [2.05, 4.69) is 4.98 Å². The van der Waals surface area contributed by atoms with Crippen LogP contribution in [-0.2, 0) is 0 Å². The van der Waals surface area contributed by atoms with Gasteiger partial charge in [0, 0.05) is 11.8 Å². The fourth-order valence-electron chi connectivity index (χ4n) is 0.742. The highest BCUT2D eigenvalue weighted by molar-refractivity contribution is 5.74. The van der Waals surface area contributed by atoms with Gasteiger partial charge in [0.1, 0.15) is 12.4 Å². The number of carbonyl (C=O) groups is 1. The summed E-state index contributed by atoms with van der Waals surface area (Å²) < 4.78 is 5.03. The number of ether oxygens (including phenoxy) is 1. The third-order valence-electron chi connectivity index (χ3n) is 1.23. The van der Waals surface area contributed by atoms with Crippen molar-refractivity contribution < 1.29 is 14.6 Å². The highest BCUT2D eigenvalue weighted by Gasteiger charge is 1.95. The van der Waals surface area contributed by atoms with E-state index in [0.29, 0.717) is 17.6 Å². The van der Waals surface area contributed by atoms with E-state index in [0.717, 1.165) is 0 Å². The van der Waals surface area contributed by atoms with E-state index in [1.165, 1.54) is 12.4 Å². The van der Waals surface area contributed by atoms with Crippen molar-refractivity contribution in [1.82, 2.24) is 4.98 Å². The van der Waals surface area contributed by atoms with Gasteiger partial charge in [-0.2, -0.15) is 0 Å². The Labute approximate surface area is 69.8 Å². The minimum Gasteiger partial charge on any atom is -0.490 e. The van der Waals surface area contributed by atoms with Gasteiger partial charge < -0.3 is 9.84 Å². The lowest BCUT2D eigenvalue weighted by Crippen LogP contribution is -2.02. The Kier molecular flexibility index (Phi) is 3.22. The van der Waals surface area contributed by atoms with Crippen LogP contribution in [0.3, 0.4) is 0 Å². The van der Waals surface area contributed by atoms with Gasteiger partial charge in [0.25, 0.3) is 0 Å². The van der Waals surface area contributed by atoms with Crippen molar-refractivity contribution in [3.8, 4) is 5.75 Å². The molecule has 0 unspecified atom stereocenters. The zero-order chi connectivity index (χ0) is 8.81. The van der Waals surface area contributed by atoms with Crippen LogP contribution in [0.2, 0.25) is 0 Å². The first-order valence-corrected chi connectivity index (χ1v) is 3.50. The highest BCUT2D eigenvalue weighted by Crippen LogP contribution is 2.08. The van der Waals surface area contributed by atoms with Gasteiger partial charge in [0.15, 0.2) is 6.29 Å². The average molecular weight is 167 g/mol. The molecule has 0 radical (unpaired) electrons. The fourth-order valence-corrected chi connectivity index (χ4v) is 0.742. The molecule has 0 amide bonds. The maximum Gasteiger partial charge on any atom is 0.151 e. The molecular formula is C8H9NO3. The topological polar surface area (TPSA) is 59.4 Å². The maximum absolute atomic E-state index is 10.3. The Morgan fingerprint density at radius 3 is 3.08 bits per heavy atom. The predicted octanol–water partition coefficient (Wildman–Crippen LogP) is 0.265. The molecule has 4 nitrogen and oxygen atoms in total. The molecule has 0 spiro atoms. The molecule has 0 fully saturated rings. The lowest BCUT2D eigenvalue weighted by Gasteiger charge is -2.02. The first-order valence-electron chi connectivity index (χ1n) is 3.50. The first-order chi connectivity index (χ1) is 5.86. The Bertz CT molecular complexity index is 262. The zero-order valence-electron chi connectivity index (χ0n) is 6.43. The summed E-state index contributed by atoms with van der Waals surface area (Å²) in [7, 11) is 0. The standard InChI is InChI=1S/C8H9NO3/c10-1-2-12-8-3-7(6-11)4-9-5-8/h3-6,10H,1-2H2. The summed E-state index contributed by atoms with van der Waals surface area (Å²) in [4.78, 5) is 14.1. The normalized spacial score (nSPS) is 9.42. The molecule has 0 aliphatic rings. The number of aliphatic hydroxyl groups excluding tert-OH is 1. The average Bonchev–Trinajstić information content (AvgIpc) is 2.15. The summed E-state index contributed by atoms with van der Waals surface area (Å²) in [6.07, 6.45) is 3.63. The van der Waals surface area contributed by atoms with Crippen molar-refractivity contribution in [2.75, 3.05) is 13.2 Å². The second-order valence-corrected chi connectivity index (χ2v) is 2.14. The van der Waals surface area contributed by atoms with Crippen molar-refractivity contribution in [3.63, 3.8) is 0 Å². The highest BCUT2D eigenvalue weighted by atomic mass is 16.5. The number of hydrogen-bond acceptors (Lipinski definition) is 4. The number of aldehydes is 1. The Morgan fingerprint density at radius 2 is 2.42 bits per heavy atom. The van der Waals surface area contributed by atoms with Crippen molar-refractivity contribution in [3.05, 3.63) is 24.0 Å². The monoisotopic (exact) mass is 167 g/mol.